The van der Waals surface area contributed by atoms with E-state index in [0.717, 1.165) is 19.3 Å². The van der Waals surface area contributed by atoms with Gasteiger partial charge in [0.25, 0.3) is 5.56 Å². The van der Waals surface area contributed by atoms with Crippen molar-refractivity contribution in [2.24, 2.45) is 5.41 Å². The number of aromatic amines is 1. The fourth-order valence-electron chi connectivity index (χ4n) is 2.71. The average Bonchev–Trinajstić information content (AvgIpc) is 2.56. The second-order valence-electron chi connectivity index (χ2n) is 5.47. The SMILES string of the molecule is Cc1c(O)n(C2CCCC2(C)C)c(=O)[nH]c1=O. The van der Waals surface area contributed by atoms with Crippen molar-refractivity contribution in [2.45, 2.75) is 46.1 Å². The zero-order chi connectivity index (χ0) is 12.8. The maximum Gasteiger partial charge on any atom is 0.331 e. The maximum atomic E-state index is 11.8. The lowest BCUT2D eigenvalue weighted by Gasteiger charge is -2.29. The zero-order valence-corrected chi connectivity index (χ0v) is 10.4. The van der Waals surface area contributed by atoms with Crippen molar-refractivity contribution in [3.63, 3.8) is 0 Å². The second kappa shape index (κ2) is 3.75. The van der Waals surface area contributed by atoms with Crippen molar-refractivity contribution < 1.29 is 5.11 Å². The van der Waals surface area contributed by atoms with E-state index in [1.807, 2.05) is 0 Å². The van der Waals surface area contributed by atoms with Crippen LogP contribution in [0.25, 0.3) is 0 Å². The first-order valence-corrected chi connectivity index (χ1v) is 5.89. The lowest BCUT2D eigenvalue weighted by Crippen LogP contribution is -2.37. The minimum absolute atomic E-state index is 0.0357. The minimum Gasteiger partial charge on any atom is -0.494 e. The molecule has 17 heavy (non-hydrogen) atoms. The number of aromatic nitrogens is 2. The van der Waals surface area contributed by atoms with Gasteiger partial charge in [0, 0.05) is 6.04 Å². The molecule has 1 heterocycles. The Morgan fingerprint density at radius 2 is 2.06 bits per heavy atom. The normalized spacial score (nSPS) is 22.9. The van der Waals surface area contributed by atoms with Crippen LogP contribution in [0.5, 0.6) is 5.88 Å². The Morgan fingerprint density at radius 1 is 1.41 bits per heavy atom. The molecular weight excluding hydrogens is 220 g/mol. The molecule has 2 rings (SSSR count). The topological polar surface area (TPSA) is 75.1 Å². The van der Waals surface area contributed by atoms with E-state index in [2.05, 4.69) is 18.8 Å². The van der Waals surface area contributed by atoms with Crippen molar-refractivity contribution >= 4 is 0 Å². The summed E-state index contributed by atoms with van der Waals surface area (Å²) < 4.78 is 1.34. The third kappa shape index (κ3) is 1.79. The second-order valence-corrected chi connectivity index (χ2v) is 5.47. The first-order chi connectivity index (χ1) is 7.84. The Kier molecular flexibility index (Phi) is 2.64. The fraction of sp³-hybridized carbons (Fsp3) is 0.667. The predicted molar refractivity (Wildman–Crippen MR) is 64.4 cm³/mol. The standard InChI is InChI=1S/C12H18N2O3/c1-7-9(15)13-11(17)14(10(7)16)8-5-4-6-12(8,2)3/h8,16H,4-6H2,1-3H3,(H,13,15,17). The molecule has 0 aromatic carbocycles. The van der Waals surface area contributed by atoms with E-state index in [0.29, 0.717) is 0 Å². The number of nitrogens with zero attached hydrogens (tertiary/aromatic N) is 1. The third-order valence-corrected chi connectivity index (χ3v) is 3.86. The summed E-state index contributed by atoms with van der Waals surface area (Å²) in [4.78, 5) is 25.4. The molecule has 1 aliphatic carbocycles. The minimum atomic E-state index is -0.516. The summed E-state index contributed by atoms with van der Waals surface area (Å²) in [7, 11) is 0. The Labute approximate surface area is 99.1 Å². The molecule has 0 saturated heterocycles. The number of H-pyrrole nitrogens is 1. The van der Waals surface area contributed by atoms with Crippen LogP contribution >= 0.6 is 0 Å². The molecule has 1 aliphatic rings. The molecule has 0 amide bonds. The van der Waals surface area contributed by atoms with E-state index in [9.17, 15) is 14.7 Å². The van der Waals surface area contributed by atoms with Gasteiger partial charge >= 0.3 is 5.69 Å². The maximum absolute atomic E-state index is 11.8. The van der Waals surface area contributed by atoms with Crippen LogP contribution in [0.3, 0.4) is 0 Å². The molecule has 94 valence electrons. The van der Waals surface area contributed by atoms with Crippen molar-refractivity contribution in [3.05, 3.63) is 26.4 Å². The molecule has 1 unspecified atom stereocenters. The fourth-order valence-corrected chi connectivity index (χ4v) is 2.71. The van der Waals surface area contributed by atoms with Crippen molar-refractivity contribution in [3.8, 4) is 5.88 Å². The van der Waals surface area contributed by atoms with E-state index in [1.54, 1.807) is 0 Å². The Morgan fingerprint density at radius 3 is 2.59 bits per heavy atom. The molecule has 0 aliphatic heterocycles. The largest absolute Gasteiger partial charge is 0.494 e. The van der Waals surface area contributed by atoms with Crippen LogP contribution < -0.4 is 11.2 Å². The molecule has 5 nitrogen and oxygen atoms in total. The van der Waals surface area contributed by atoms with E-state index in [4.69, 9.17) is 0 Å². The molecule has 0 bridgehead atoms. The quantitative estimate of drug-likeness (QED) is 0.774. The Hall–Kier alpha value is -1.52. The van der Waals surface area contributed by atoms with Crippen LogP contribution in [0.4, 0.5) is 0 Å². The van der Waals surface area contributed by atoms with E-state index >= 15 is 0 Å². The van der Waals surface area contributed by atoms with Crippen LogP contribution in [0.1, 0.15) is 44.7 Å². The van der Waals surface area contributed by atoms with Crippen LogP contribution in [0.15, 0.2) is 9.59 Å². The number of hydrogen-bond acceptors (Lipinski definition) is 3. The van der Waals surface area contributed by atoms with Crippen molar-refractivity contribution in [2.75, 3.05) is 0 Å². The summed E-state index contributed by atoms with van der Waals surface area (Å²) in [5.74, 6) is -0.196. The molecule has 1 aromatic rings. The van der Waals surface area contributed by atoms with Gasteiger partial charge in [-0.05, 0) is 25.2 Å². The van der Waals surface area contributed by atoms with E-state index in [1.165, 1.54) is 11.5 Å². The first-order valence-electron chi connectivity index (χ1n) is 5.89. The zero-order valence-electron chi connectivity index (χ0n) is 10.4. The van der Waals surface area contributed by atoms with Crippen LogP contribution in [-0.4, -0.2) is 14.7 Å². The van der Waals surface area contributed by atoms with Gasteiger partial charge < -0.3 is 5.11 Å². The van der Waals surface area contributed by atoms with Gasteiger partial charge in [0.2, 0.25) is 5.88 Å². The summed E-state index contributed by atoms with van der Waals surface area (Å²) in [5.41, 5.74) is -0.864. The van der Waals surface area contributed by atoms with Crippen molar-refractivity contribution in [1.82, 2.24) is 9.55 Å². The van der Waals surface area contributed by atoms with Gasteiger partial charge in [0.15, 0.2) is 0 Å². The lowest BCUT2D eigenvalue weighted by atomic mass is 9.87. The summed E-state index contributed by atoms with van der Waals surface area (Å²) >= 11 is 0. The van der Waals surface area contributed by atoms with Gasteiger partial charge in [-0.25, -0.2) is 4.79 Å². The molecule has 1 saturated carbocycles. The van der Waals surface area contributed by atoms with Crippen LogP contribution in [0, 0.1) is 12.3 Å². The summed E-state index contributed by atoms with van der Waals surface area (Å²) in [6.45, 7) is 5.68. The monoisotopic (exact) mass is 238 g/mol. The summed E-state index contributed by atoms with van der Waals surface area (Å²) in [6, 6.07) is -0.0504. The molecule has 2 N–H and O–H groups in total. The molecule has 1 aromatic heterocycles. The van der Waals surface area contributed by atoms with Gasteiger partial charge in [0.05, 0.1) is 5.56 Å². The number of hydrogen-bond donors (Lipinski definition) is 2. The molecular formula is C12H18N2O3. The summed E-state index contributed by atoms with van der Waals surface area (Å²) in [6.07, 6.45) is 2.90. The molecule has 1 atom stereocenters. The van der Waals surface area contributed by atoms with Gasteiger partial charge in [-0.15, -0.1) is 0 Å². The highest BCUT2D eigenvalue weighted by Crippen LogP contribution is 2.46. The van der Waals surface area contributed by atoms with Crippen molar-refractivity contribution in [1.29, 1.82) is 0 Å². The van der Waals surface area contributed by atoms with Gasteiger partial charge in [-0.1, -0.05) is 20.3 Å². The Bertz CT molecular complexity index is 554. The molecule has 1 fully saturated rings. The average molecular weight is 238 g/mol. The van der Waals surface area contributed by atoms with Gasteiger partial charge in [-0.3, -0.25) is 14.3 Å². The Balaban J connectivity index is 2.65. The number of nitrogens with one attached hydrogen (secondary N) is 1. The molecule has 0 radical (unpaired) electrons. The van der Waals surface area contributed by atoms with E-state index in [-0.39, 0.29) is 22.9 Å². The lowest BCUT2D eigenvalue weighted by molar-refractivity contribution is 0.230. The predicted octanol–water partition coefficient (Wildman–Crippen LogP) is 1.30. The third-order valence-electron chi connectivity index (χ3n) is 3.86. The first kappa shape index (κ1) is 12.0. The van der Waals surface area contributed by atoms with Crippen LogP contribution in [-0.2, 0) is 0 Å². The highest BCUT2D eigenvalue weighted by atomic mass is 16.3. The molecule has 0 spiro atoms. The molecule has 5 heteroatoms. The summed E-state index contributed by atoms with van der Waals surface area (Å²) in [5, 5.41) is 9.99. The number of aromatic hydroxyl groups is 1. The highest BCUT2D eigenvalue weighted by molar-refractivity contribution is 5.21. The van der Waals surface area contributed by atoms with Gasteiger partial charge in [-0.2, -0.15) is 0 Å². The van der Waals surface area contributed by atoms with E-state index < -0.39 is 11.2 Å². The smallest absolute Gasteiger partial charge is 0.331 e. The van der Waals surface area contributed by atoms with Gasteiger partial charge in [0.1, 0.15) is 0 Å². The highest BCUT2D eigenvalue weighted by Gasteiger charge is 2.37. The number of rotatable bonds is 1. The van der Waals surface area contributed by atoms with Crippen LogP contribution in [0.2, 0.25) is 0 Å².